The number of methoxy groups -OCH3 is 1. The van der Waals surface area contributed by atoms with Gasteiger partial charge in [-0.2, -0.15) is 5.10 Å². The molecule has 1 atom stereocenters. The van der Waals surface area contributed by atoms with Crippen molar-refractivity contribution in [3.05, 3.63) is 48.6 Å². The van der Waals surface area contributed by atoms with Gasteiger partial charge in [-0.1, -0.05) is 0 Å². The van der Waals surface area contributed by atoms with Crippen LogP contribution < -0.4 is 26.7 Å². The Morgan fingerprint density at radius 1 is 1.46 bits per heavy atom. The van der Waals surface area contributed by atoms with E-state index in [-0.39, 0.29) is 17.1 Å². The van der Waals surface area contributed by atoms with Crippen molar-refractivity contribution >= 4 is 23.6 Å². The van der Waals surface area contributed by atoms with Crippen LogP contribution in [0.5, 0.6) is 11.5 Å². The molecular formula is C14H15N7O7. The van der Waals surface area contributed by atoms with E-state index in [2.05, 4.69) is 20.9 Å². The summed E-state index contributed by atoms with van der Waals surface area (Å²) in [5.74, 6) is -1.71. The number of carbonyl (C=O) groups excluding carboxylic acids is 1. The van der Waals surface area contributed by atoms with Gasteiger partial charge >= 0.3 is 11.4 Å². The fourth-order valence-electron chi connectivity index (χ4n) is 1.97. The number of hydrogen-bond acceptors (Lipinski definition) is 10. The molecule has 148 valence electrons. The molecule has 1 aromatic carbocycles. The maximum Gasteiger partial charge on any atom is 0.342 e. The monoisotopic (exact) mass is 393 g/mol. The summed E-state index contributed by atoms with van der Waals surface area (Å²) in [5.41, 5.74) is 0.150. The minimum absolute atomic E-state index is 0.139. The third kappa shape index (κ3) is 4.69. The summed E-state index contributed by atoms with van der Waals surface area (Å²) in [7, 11) is 1.22. The molecule has 0 bridgehead atoms. The summed E-state index contributed by atoms with van der Waals surface area (Å²) >= 11 is 0. The minimum atomic E-state index is -0.958. The van der Waals surface area contributed by atoms with Gasteiger partial charge in [0, 0.05) is 11.6 Å². The van der Waals surface area contributed by atoms with E-state index in [0.717, 1.165) is 12.3 Å². The molecule has 5 N–H and O–H groups in total. The summed E-state index contributed by atoms with van der Waals surface area (Å²) in [6, 6.07) is 1.36. The number of ether oxygens (including phenoxy) is 1. The van der Waals surface area contributed by atoms with Gasteiger partial charge in [-0.25, -0.2) is 15.3 Å². The first kappa shape index (κ1) is 20.1. The number of anilines is 1. The second-order valence-electron chi connectivity index (χ2n) is 5.30. The van der Waals surface area contributed by atoms with E-state index in [4.69, 9.17) is 4.74 Å². The number of phenolic OH excluding ortho intramolecular Hbond substituents is 1. The summed E-state index contributed by atoms with van der Waals surface area (Å²) in [5, 5.41) is 32.3. The van der Waals surface area contributed by atoms with Crippen LogP contribution in [0.15, 0.2) is 26.8 Å². The Hall–Kier alpha value is -4.23. The zero-order chi connectivity index (χ0) is 20.8. The van der Waals surface area contributed by atoms with Crippen LogP contribution in [0.4, 0.5) is 11.5 Å². The Bertz CT molecular complexity index is 1040. The van der Waals surface area contributed by atoms with E-state index in [0.29, 0.717) is 0 Å². The molecule has 0 saturated heterocycles. The zero-order valence-electron chi connectivity index (χ0n) is 14.5. The molecule has 0 spiro atoms. The first-order valence-electron chi connectivity index (χ1n) is 7.56. The molecule has 14 heteroatoms. The van der Waals surface area contributed by atoms with Crippen molar-refractivity contribution in [3.63, 3.8) is 0 Å². The molecule has 1 aromatic heterocycles. The van der Waals surface area contributed by atoms with E-state index in [1.54, 1.807) is 0 Å². The highest BCUT2D eigenvalue weighted by atomic mass is 16.6. The van der Waals surface area contributed by atoms with Crippen LogP contribution in [0.3, 0.4) is 0 Å². The average molecular weight is 393 g/mol. The molecule has 0 radical (unpaired) electrons. The van der Waals surface area contributed by atoms with E-state index in [1.165, 1.54) is 20.1 Å². The van der Waals surface area contributed by atoms with Gasteiger partial charge in [0.2, 0.25) is 11.6 Å². The largest absolute Gasteiger partial charge is 0.500 e. The number of amides is 1. The van der Waals surface area contributed by atoms with E-state index in [9.17, 15) is 29.6 Å². The highest BCUT2D eigenvalue weighted by Crippen LogP contribution is 2.36. The number of nitrogens with zero attached hydrogens (tertiary/aromatic N) is 3. The van der Waals surface area contributed by atoms with Crippen molar-refractivity contribution in [1.82, 2.24) is 20.6 Å². The number of hydrogen-bond donors (Lipinski definition) is 5. The van der Waals surface area contributed by atoms with Gasteiger partial charge in [0.15, 0.2) is 5.75 Å². The SMILES string of the molecule is COc1cc(/C=N\NC(=O)[C@@H](C)Nc2n[nH]c(=O)[nH]c2=O)cc([N+](=O)[O-])c1O. The molecule has 0 saturated carbocycles. The molecule has 0 aliphatic heterocycles. The molecule has 2 rings (SSSR count). The Labute approximate surface area is 155 Å². The van der Waals surface area contributed by atoms with Crippen LogP contribution >= 0.6 is 0 Å². The highest BCUT2D eigenvalue weighted by molar-refractivity contribution is 5.87. The fraction of sp³-hybridized carbons (Fsp3) is 0.214. The zero-order valence-corrected chi connectivity index (χ0v) is 14.5. The highest BCUT2D eigenvalue weighted by Gasteiger charge is 2.19. The number of nitrogens with one attached hydrogen (secondary N) is 4. The summed E-state index contributed by atoms with van der Waals surface area (Å²) in [4.78, 5) is 46.5. The van der Waals surface area contributed by atoms with Crippen LogP contribution in [-0.4, -0.2) is 50.5 Å². The number of aromatic nitrogens is 3. The molecule has 28 heavy (non-hydrogen) atoms. The number of aromatic hydroxyl groups is 1. The lowest BCUT2D eigenvalue weighted by atomic mass is 10.2. The minimum Gasteiger partial charge on any atom is -0.500 e. The fourth-order valence-corrected chi connectivity index (χ4v) is 1.97. The van der Waals surface area contributed by atoms with E-state index >= 15 is 0 Å². The number of hydrazone groups is 1. The molecular weight excluding hydrogens is 378 g/mol. The van der Waals surface area contributed by atoms with Gasteiger partial charge in [-0.05, 0) is 13.0 Å². The predicted octanol–water partition coefficient (Wildman–Crippen LogP) is -0.969. The number of carbonyl (C=O) groups is 1. The van der Waals surface area contributed by atoms with Crippen molar-refractivity contribution < 1.29 is 19.6 Å². The van der Waals surface area contributed by atoms with E-state index in [1.807, 2.05) is 10.1 Å². The summed E-state index contributed by atoms with van der Waals surface area (Å²) in [6.45, 7) is 1.41. The number of H-pyrrole nitrogens is 2. The smallest absolute Gasteiger partial charge is 0.342 e. The second kappa shape index (κ2) is 8.43. The van der Waals surface area contributed by atoms with Crippen LogP contribution in [0, 0.1) is 10.1 Å². The Morgan fingerprint density at radius 2 is 2.18 bits per heavy atom. The van der Waals surface area contributed by atoms with Gasteiger partial charge in [0.05, 0.1) is 18.2 Å². The number of phenols is 1. The molecule has 1 heterocycles. The van der Waals surface area contributed by atoms with Gasteiger partial charge < -0.3 is 15.2 Å². The summed E-state index contributed by atoms with van der Waals surface area (Å²) < 4.78 is 4.85. The van der Waals surface area contributed by atoms with Gasteiger partial charge in [-0.15, -0.1) is 5.10 Å². The second-order valence-corrected chi connectivity index (χ2v) is 5.30. The van der Waals surface area contributed by atoms with Crippen LogP contribution in [-0.2, 0) is 4.79 Å². The van der Waals surface area contributed by atoms with Crippen LogP contribution in [0.25, 0.3) is 0 Å². The van der Waals surface area contributed by atoms with Gasteiger partial charge in [0.25, 0.3) is 11.5 Å². The standard InChI is InChI=1S/C14H15N7O7/c1-6(16-11-13(24)17-14(25)20-18-11)12(23)19-15-5-7-3-8(21(26)27)10(22)9(4-7)28-2/h3-6,22H,1-2H3,(H,16,18)(H,19,23)(H2,17,20,24,25)/b15-5-/t6-/m1/s1. The maximum atomic E-state index is 12.0. The summed E-state index contributed by atoms with van der Waals surface area (Å²) in [6.07, 6.45) is 1.10. The Balaban J connectivity index is 2.08. The molecule has 2 aromatic rings. The molecule has 0 aliphatic rings. The lowest BCUT2D eigenvalue weighted by molar-refractivity contribution is -0.386. The Morgan fingerprint density at radius 3 is 2.79 bits per heavy atom. The van der Waals surface area contributed by atoms with Crippen molar-refractivity contribution in [2.24, 2.45) is 5.10 Å². The lowest BCUT2D eigenvalue weighted by Crippen LogP contribution is -2.38. The van der Waals surface area contributed by atoms with Crippen molar-refractivity contribution in [3.8, 4) is 11.5 Å². The predicted molar refractivity (Wildman–Crippen MR) is 95.6 cm³/mol. The molecule has 1 amide bonds. The lowest BCUT2D eigenvalue weighted by Gasteiger charge is -2.11. The number of rotatable bonds is 7. The third-order valence-corrected chi connectivity index (χ3v) is 3.34. The first-order valence-corrected chi connectivity index (χ1v) is 7.56. The van der Waals surface area contributed by atoms with Gasteiger partial charge in [0.1, 0.15) is 6.04 Å². The quantitative estimate of drug-likeness (QED) is 0.222. The molecule has 0 aliphatic carbocycles. The average Bonchev–Trinajstić information content (AvgIpc) is 2.64. The Kier molecular flexibility index (Phi) is 6.05. The van der Waals surface area contributed by atoms with Gasteiger partial charge in [-0.3, -0.25) is 24.7 Å². The van der Waals surface area contributed by atoms with Crippen molar-refractivity contribution in [2.45, 2.75) is 13.0 Å². The number of benzene rings is 1. The number of nitro benzene ring substituents is 1. The van der Waals surface area contributed by atoms with Crippen molar-refractivity contribution in [2.75, 3.05) is 12.4 Å². The normalized spacial score (nSPS) is 11.8. The molecule has 14 nitrogen and oxygen atoms in total. The van der Waals surface area contributed by atoms with E-state index < -0.39 is 39.6 Å². The topological polar surface area (TPSA) is 205 Å². The third-order valence-electron chi connectivity index (χ3n) is 3.34. The molecule has 0 fully saturated rings. The van der Waals surface area contributed by atoms with Crippen LogP contribution in [0.2, 0.25) is 0 Å². The number of aromatic amines is 2. The first-order chi connectivity index (χ1) is 13.2. The maximum absolute atomic E-state index is 12.0. The van der Waals surface area contributed by atoms with Crippen LogP contribution in [0.1, 0.15) is 12.5 Å². The molecule has 0 unspecified atom stereocenters. The number of nitro groups is 1. The van der Waals surface area contributed by atoms with Crippen molar-refractivity contribution in [1.29, 1.82) is 0 Å².